The number of carbonyl (C=O) groups is 2. The number of ether oxygens (including phenoxy) is 2. The van der Waals surface area contributed by atoms with Crippen molar-refractivity contribution in [2.24, 2.45) is 11.8 Å². The molecular weight excluding hydrogens is 220 g/mol. The first kappa shape index (κ1) is 16.3. The van der Waals surface area contributed by atoms with Crippen molar-refractivity contribution in [3.05, 3.63) is 0 Å². The van der Waals surface area contributed by atoms with Gasteiger partial charge in [-0.25, -0.2) is 0 Å². The number of ketones is 1. The van der Waals surface area contributed by atoms with Crippen LogP contribution in [0, 0.1) is 11.8 Å². The van der Waals surface area contributed by atoms with Gasteiger partial charge in [0, 0.05) is 0 Å². The maximum atomic E-state index is 11.4. The number of carbonyl (C=O) groups excluding carboxylic acids is 2. The predicted molar refractivity (Wildman–Crippen MR) is 65.7 cm³/mol. The van der Waals surface area contributed by atoms with Gasteiger partial charge in [-0.15, -0.1) is 0 Å². The summed E-state index contributed by atoms with van der Waals surface area (Å²) in [5.74, 6) is 0.639. The molecule has 0 rings (SSSR count). The van der Waals surface area contributed by atoms with Gasteiger partial charge >= 0.3 is 0 Å². The van der Waals surface area contributed by atoms with Crippen LogP contribution >= 0.6 is 0 Å². The van der Waals surface area contributed by atoms with Gasteiger partial charge in [-0.3, -0.25) is 4.79 Å². The molecule has 0 aliphatic carbocycles. The second kappa shape index (κ2) is 9.31. The van der Waals surface area contributed by atoms with E-state index >= 15 is 0 Å². The standard InChI is InChI=1S/C13H24O4/c1-10(2)8-16-13(17-9-11(3)4)7-12(15)5-6-14/h6,10-11,13H,5,7-9H2,1-4H3. The van der Waals surface area contributed by atoms with Crippen LogP contribution in [0.1, 0.15) is 40.5 Å². The summed E-state index contributed by atoms with van der Waals surface area (Å²) in [6, 6.07) is 0. The highest BCUT2D eigenvalue weighted by atomic mass is 16.7. The van der Waals surface area contributed by atoms with Crippen LogP contribution in [-0.2, 0) is 19.1 Å². The molecule has 4 heteroatoms. The summed E-state index contributed by atoms with van der Waals surface area (Å²) in [6.45, 7) is 9.24. The first-order valence-corrected chi connectivity index (χ1v) is 6.14. The molecule has 0 bridgehead atoms. The van der Waals surface area contributed by atoms with Gasteiger partial charge in [-0.05, 0) is 11.8 Å². The van der Waals surface area contributed by atoms with Crippen LogP contribution in [0.5, 0.6) is 0 Å². The zero-order valence-corrected chi connectivity index (χ0v) is 11.3. The van der Waals surface area contributed by atoms with Crippen molar-refractivity contribution in [1.29, 1.82) is 0 Å². The highest BCUT2D eigenvalue weighted by molar-refractivity contribution is 5.89. The lowest BCUT2D eigenvalue weighted by atomic mass is 10.2. The predicted octanol–water partition coefficient (Wildman–Crippen LogP) is 2.21. The maximum absolute atomic E-state index is 11.4. The highest BCUT2D eigenvalue weighted by Crippen LogP contribution is 2.08. The van der Waals surface area contributed by atoms with Crippen LogP contribution in [-0.4, -0.2) is 31.6 Å². The average molecular weight is 244 g/mol. The van der Waals surface area contributed by atoms with Gasteiger partial charge in [0.2, 0.25) is 0 Å². The third-order valence-electron chi connectivity index (χ3n) is 1.94. The summed E-state index contributed by atoms with van der Waals surface area (Å²) in [5.41, 5.74) is 0. The second-order valence-electron chi connectivity index (χ2n) is 5.00. The third kappa shape index (κ3) is 10.1. The molecule has 0 unspecified atom stereocenters. The Bertz CT molecular complexity index is 211. The van der Waals surface area contributed by atoms with Crippen LogP contribution in [0.15, 0.2) is 0 Å². The van der Waals surface area contributed by atoms with E-state index in [0.29, 0.717) is 31.3 Å². The summed E-state index contributed by atoms with van der Waals surface area (Å²) in [7, 11) is 0. The van der Waals surface area contributed by atoms with E-state index in [2.05, 4.69) is 0 Å². The Labute approximate surface area is 104 Å². The smallest absolute Gasteiger partial charge is 0.164 e. The SMILES string of the molecule is CC(C)COC(CC(=O)CC=O)OCC(C)C. The van der Waals surface area contributed by atoms with Crippen LogP contribution in [0.2, 0.25) is 0 Å². The van der Waals surface area contributed by atoms with Crippen molar-refractivity contribution in [2.45, 2.75) is 46.8 Å². The monoisotopic (exact) mass is 244 g/mol. The van der Waals surface area contributed by atoms with Crippen molar-refractivity contribution >= 4 is 12.1 Å². The first-order valence-electron chi connectivity index (χ1n) is 6.14. The average Bonchev–Trinajstić information content (AvgIpc) is 2.22. The number of rotatable bonds is 10. The van der Waals surface area contributed by atoms with E-state index in [0.717, 1.165) is 0 Å². The van der Waals surface area contributed by atoms with E-state index in [9.17, 15) is 9.59 Å². The van der Waals surface area contributed by atoms with E-state index in [4.69, 9.17) is 9.47 Å². The van der Waals surface area contributed by atoms with Gasteiger partial charge in [0.25, 0.3) is 0 Å². The minimum Gasteiger partial charge on any atom is -0.352 e. The van der Waals surface area contributed by atoms with Gasteiger partial charge in [0.1, 0.15) is 12.1 Å². The first-order chi connectivity index (χ1) is 7.95. The molecule has 0 atom stereocenters. The van der Waals surface area contributed by atoms with Crippen molar-refractivity contribution in [3.8, 4) is 0 Å². The van der Waals surface area contributed by atoms with Gasteiger partial charge < -0.3 is 14.3 Å². The van der Waals surface area contributed by atoms with Gasteiger partial charge in [-0.2, -0.15) is 0 Å². The molecule has 17 heavy (non-hydrogen) atoms. The van der Waals surface area contributed by atoms with Gasteiger partial charge in [-0.1, -0.05) is 27.7 Å². The lowest BCUT2D eigenvalue weighted by Crippen LogP contribution is -2.25. The largest absolute Gasteiger partial charge is 0.352 e. The van der Waals surface area contributed by atoms with Crippen molar-refractivity contribution < 1.29 is 19.1 Å². The second-order valence-corrected chi connectivity index (χ2v) is 5.00. The summed E-state index contributed by atoms with van der Waals surface area (Å²) in [4.78, 5) is 21.6. The molecular formula is C13H24O4. The molecule has 0 aliphatic heterocycles. The highest BCUT2D eigenvalue weighted by Gasteiger charge is 2.15. The zero-order valence-electron chi connectivity index (χ0n) is 11.3. The molecule has 0 heterocycles. The third-order valence-corrected chi connectivity index (χ3v) is 1.94. The summed E-state index contributed by atoms with van der Waals surface area (Å²) >= 11 is 0. The topological polar surface area (TPSA) is 52.6 Å². The van der Waals surface area contributed by atoms with Gasteiger partial charge in [0.15, 0.2) is 6.29 Å². The molecule has 0 aromatic carbocycles. The minimum absolute atomic E-state index is 0.0629. The van der Waals surface area contributed by atoms with Crippen LogP contribution < -0.4 is 0 Å². The molecule has 0 saturated heterocycles. The molecule has 0 amide bonds. The lowest BCUT2D eigenvalue weighted by Gasteiger charge is -2.20. The quantitative estimate of drug-likeness (QED) is 0.336. The van der Waals surface area contributed by atoms with Crippen LogP contribution in [0.4, 0.5) is 0 Å². The van der Waals surface area contributed by atoms with E-state index in [1.807, 2.05) is 27.7 Å². The summed E-state index contributed by atoms with van der Waals surface area (Å²) in [5, 5.41) is 0. The normalized spacial score (nSPS) is 11.5. The number of aldehydes is 1. The van der Waals surface area contributed by atoms with E-state index in [1.165, 1.54) is 0 Å². The van der Waals surface area contributed by atoms with Crippen molar-refractivity contribution in [3.63, 3.8) is 0 Å². The molecule has 0 N–H and O–H groups in total. The van der Waals surface area contributed by atoms with Crippen molar-refractivity contribution in [1.82, 2.24) is 0 Å². The lowest BCUT2D eigenvalue weighted by molar-refractivity contribution is -0.163. The summed E-state index contributed by atoms with van der Waals surface area (Å²) < 4.78 is 11.0. The maximum Gasteiger partial charge on any atom is 0.164 e. The summed E-state index contributed by atoms with van der Waals surface area (Å²) in [6.07, 6.45) is 0.182. The van der Waals surface area contributed by atoms with E-state index in [-0.39, 0.29) is 18.6 Å². The number of hydrogen-bond acceptors (Lipinski definition) is 4. The molecule has 100 valence electrons. The number of Topliss-reactive ketones (excluding diaryl/α,β-unsaturated/α-hetero) is 1. The Kier molecular flexibility index (Phi) is 8.90. The van der Waals surface area contributed by atoms with Crippen LogP contribution in [0.3, 0.4) is 0 Å². The minimum atomic E-state index is -0.521. The molecule has 0 fully saturated rings. The molecule has 0 aromatic heterocycles. The Morgan fingerprint density at radius 3 is 1.88 bits per heavy atom. The molecule has 0 aliphatic rings. The molecule has 0 saturated carbocycles. The molecule has 0 radical (unpaired) electrons. The zero-order chi connectivity index (χ0) is 13.3. The van der Waals surface area contributed by atoms with Crippen LogP contribution in [0.25, 0.3) is 0 Å². The fourth-order valence-electron chi connectivity index (χ4n) is 1.13. The fourth-order valence-corrected chi connectivity index (χ4v) is 1.13. The Morgan fingerprint density at radius 2 is 1.53 bits per heavy atom. The molecule has 0 aromatic rings. The molecule has 4 nitrogen and oxygen atoms in total. The van der Waals surface area contributed by atoms with Gasteiger partial charge in [0.05, 0.1) is 26.1 Å². The Balaban J connectivity index is 4.08. The van der Waals surface area contributed by atoms with E-state index in [1.54, 1.807) is 0 Å². The number of hydrogen-bond donors (Lipinski definition) is 0. The fraction of sp³-hybridized carbons (Fsp3) is 0.846. The Morgan fingerprint density at radius 1 is 1.06 bits per heavy atom. The molecule has 0 spiro atoms. The Hall–Kier alpha value is -0.740. The van der Waals surface area contributed by atoms with E-state index < -0.39 is 6.29 Å². The van der Waals surface area contributed by atoms with Crippen molar-refractivity contribution in [2.75, 3.05) is 13.2 Å².